The lowest BCUT2D eigenvalue weighted by molar-refractivity contribution is -0.117. The highest BCUT2D eigenvalue weighted by Gasteiger charge is 1.95. The zero-order valence-corrected chi connectivity index (χ0v) is 9.00. The van der Waals surface area contributed by atoms with Gasteiger partial charge in [0.2, 0.25) is 0 Å². The quantitative estimate of drug-likeness (QED) is 0.812. The van der Waals surface area contributed by atoms with Crippen molar-refractivity contribution in [3.8, 4) is 5.75 Å². The lowest BCUT2D eigenvalue weighted by atomic mass is 10.3. The predicted octanol–water partition coefficient (Wildman–Crippen LogP) is 2.81. The maximum absolute atomic E-state index is 10.6. The van der Waals surface area contributed by atoms with Crippen LogP contribution in [0.2, 0.25) is 0 Å². The highest BCUT2D eigenvalue weighted by atomic mass is 79.9. The molecular formula is C10H11BrO2. The molecule has 2 nitrogen and oxygen atoms in total. The van der Waals surface area contributed by atoms with Gasteiger partial charge in [-0.25, -0.2) is 0 Å². The van der Waals surface area contributed by atoms with E-state index in [1.807, 2.05) is 24.3 Å². The van der Waals surface area contributed by atoms with E-state index in [4.69, 9.17) is 4.74 Å². The molecule has 0 aliphatic rings. The Morgan fingerprint density at radius 2 is 2.00 bits per heavy atom. The van der Waals surface area contributed by atoms with Crippen LogP contribution in [0.25, 0.3) is 0 Å². The first-order chi connectivity index (χ1) is 6.18. The summed E-state index contributed by atoms with van der Waals surface area (Å²) >= 11 is 3.33. The Kier molecular flexibility index (Phi) is 3.96. The summed E-state index contributed by atoms with van der Waals surface area (Å²) < 4.78 is 6.35. The summed E-state index contributed by atoms with van der Waals surface area (Å²) in [6.07, 6.45) is 0.468. The molecule has 70 valence electrons. The maximum atomic E-state index is 10.6. The van der Waals surface area contributed by atoms with Gasteiger partial charge in [0.1, 0.15) is 11.5 Å². The van der Waals surface area contributed by atoms with Gasteiger partial charge in [-0.1, -0.05) is 15.9 Å². The van der Waals surface area contributed by atoms with Gasteiger partial charge in [0, 0.05) is 10.9 Å². The van der Waals surface area contributed by atoms with Crippen LogP contribution >= 0.6 is 15.9 Å². The van der Waals surface area contributed by atoms with Crippen molar-refractivity contribution in [2.45, 2.75) is 13.3 Å². The van der Waals surface area contributed by atoms with Crippen LogP contribution in [0.15, 0.2) is 28.7 Å². The van der Waals surface area contributed by atoms with Crippen LogP contribution < -0.4 is 4.74 Å². The molecule has 0 N–H and O–H groups in total. The number of Topliss-reactive ketones (excluding diaryl/α,β-unsaturated/α-hetero) is 1. The number of carbonyl (C=O) groups is 1. The van der Waals surface area contributed by atoms with Gasteiger partial charge in [0.25, 0.3) is 0 Å². The molecule has 0 saturated heterocycles. The molecule has 0 spiro atoms. The molecule has 3 heteroatoms. The molecule has 0 unspecified atom stereocenters. The van der Waals surface area contributed by atoms with E-state index in [1.165, 1.54) is 0 Å². The van der Waals surface area contributed by atoms with E-state index >= 15 is 0 Å². The molecule has 0 bridgehead atoms. The first kappa shape index (κ1) is 10.3. The van der Waals surface area contributed by atoms with Gasteiger partial charge in [-0.15, -0.1) is 0 Å². The molecule has 0 aromatic heterocycles. The molecule has 0 radical (unpaired) electrons. The lowest BCUT2D eigenvalue weighted by Crippen LogP contribution is -2.02. The van der Waals surface area contributed by atoms with E-state index in [0.717, 1.165) is 10.2 Å². The largest absolute Gasteiger partial charge is 0.493 e. The van der Waals surface area contributed by atoms with Crippen molar-refractivity contribution >= 4 is 21.7 Å². The van der Waals surface area contributed by atoms with E-state index < -0.39 is 0 Å². The number of benzene rings is 1. The summed E-state index contributed by atoms with van der Waals surface area (Å²) in [6, 6.07) is 7.54. The van der Waals surface area contributed by atoms with Crippen molar-refractivity contribution in [2.24, 2.45) is 0 Å². The average Bonchev–Trinajstić information content (AvgIpc) is 2.08. The Morgan fingerprint density at radius 1 is 1.38 bits per heavy atom. The molecule has 0 fully saturated rings. The summed E-state index contributed by atoms with van der Waals surface area (Å²) in [5.74, 6) is 0.946. The third-order valence-electron chi connectivity index (χ3n) is 1.54. The molecule has 0 saturated carbocycles. The molecular weight excluding hydrogens is 232 g/mol. The summed E-state index contributed by atoms with van der Waals surface area (Å²) in [4.78, 5) is 10.6. The van der Waals surface area contributed by atoms with Gasteiger partial charge in [0.05, 0.1) is 6.61 Å². The molecule has 1 aromatic rings. The molecule has 0 atom stereocenters. The smallest absolute Gasteiger partial charge is 0.133 e. The van der Waals surface area contributed by atoms with E-state index in [-0.39, 0.29) is 5.78 Å². The average molecular weight is 243 g/mol. The zero-order chi connectivity index (χ0) is 9.68. The monoisotopic (exact) mass is 242 g/mol. The van der Waals surface area contributed by atoms with Crippen LogP contribution in [0, 0.1) is 0 Å². The molecule has 1 aromatic carbocycles. The molecule has 0 amide bonds. The van der Waals surface area contributed by atoms with Crippen molar-refractivity contribution in [3.05, 3.63) is 28.7 Å². The SMILES string of the molecule is CC(=O)CCOc1ccc(Br)cc1. The van der Waals surface area contributed by atoms with Crippen LogP contribution in [0.1, 0.15) is 13.3 Å². The number of hydrogen-bond acceptors (Lipinski definition) is 2. The lowest BCUT2D eigenvalue weighted by Gasteiger charge is -2.03. The fourth-order valence-corrected chi connectivity index (χ4v) is 1.11. The highest BCUT2D eigenvalue weighted by molar-refractivity contribution is 9.10. The Hall–Kier alpha value is -0.830. The maximum Gasteiger partial charge on any atom is 0.133 e. The molecule has 0 heterocycles. The summed E-state index contributed by atoms with van der Waals surface area (Å²) in [5, 5.41) is 0. The van der Waals surface area contributed by atoms with Gasteiger partial charge in [-0.05, 0) is 31.2 Å². The Bertz CT molecular complexity index is 279. The van der Waals surface area contributed by atoms with Crippen molar-refractivity contribution in [2.75, 3.05) is 6.61 Å². The second-order valence-corrected chi connectivity index (χ2v) is 3.67. The molecule has 0 aliphatic carbocycles. The summed E-state index contributed by atoms with van der Waals surface area (Å²) in [7, 11) is 0. The molecule has 0 aliphatic heterocycles. The fourth-order valence-electron chi connectivity index (χ4n) is 0.843. The first-order valence-electron chi connectivity index (χ1n) is 4.06. The van der Waals surface area contributed by atoms with Crippen LogP contribution in [-0.4, -0.2) is 12.4 Å². The number of ketones is 1. The highest BCUT2D eigenvalue weighted by Crippen LogP contribution is 2.15. The second kappa shape index (κ2) is 5.02. The van der Waals surface area contributed by atoms with Gasteiger partial charge in [-0.2, -0.15) is 0 Å². The minimum atomic E-state index is 0.150. The first-order valence-corrected chi connectivity index (χ1v) is 4.85. The fraction of sp³-hybridized carbons (Fsp3) is 0.300. The topological polar surface area (TPSA) is 26.3 Å². The van der Waals surface area contributed by atoms with Gasteiger partial charge in [-0.3, -0.25) is 4.79 Å². The van der Waals surface area contributed by atoms with E-state index in [0.29, 0.717) is 13.0 Å². The third-order valence-corrected chi connectivity index (χ3v) is 2.07. The Balaban J connectivity index is 2.37. The number of hydrogen-bond donors (Lipinski definition) is 0. The van der Waals surface area contributed by atoms with Gasteiger partial charge >= 0.3 is 0 Å². The number of halogens is 1. The Morgan fingerprint density at radius 3 is 2.54 bits per heavy atom. The van der Waals surface area contributed by atoms with Crippen LogP contribution in [0.5, 0.6) is 5.75 Å². The van der Waals surface area contributed by atoms with E-state index in [2.05, 4.69) is 15.9 Å². The van der Waals surface area contributed by atoms with Gasteiger partial charge < -0.3 is 4.74 Å². The number of ether oxygens (including phenoxy) is 1. The standard InChI is InChI=1S/C10H11BrO2/c1-8(12)6-7-13-10-4-2-9(11)3-5-10/h2-5H,6-7H2,1H3. The van der Waals surface area contributed by atoms with E-state index in [1.54, 1.807) is 6.92 Å². The summed E-state index contributed by atoms with van der Waals surface area (Å²) in [6.45, 7) is 2.02. The Labute approximate surface area is 86.0 Å². The van der Waals surface area contributed by atoms with E-state index in [9.17, 15) is 4.79 Å². The molecule has 1 rings (SSSR count). The second-order valence-electron chi connectivity index (χ2n) is 2.75. The van der Waals surface area contributed by atoms with Gasteiger partial charge in [0.15, 0.2) is 0 Å². The molecule has 13 heavy (non-hydrogen) atoms. The number of carbonyl (C=O) groups excluding carboxylic acids is 1. The minimum Gasteiger partial charge on any atom is -0.493 e. The number of rotatable bonds is 4. The van der Waals surface area contributed by atoms with Crippen LogP contribution in [-0.2, 0) is 4.79 Å². The van der Waals surface area contributed by atoms with Crippen molar-refractivity contribution in [1.82, 2.24) is 0 Å². The summed E-state index contributed by atoms with van der Waals surface area (Å²) in [5.41, 5.74) is 0. The zero-order valence-electron chi connectivity index (χ0n) is 7.42. The van der Waals surface area contributed by atoms with Crippen LogP contribution in [0.4, 0.5) is 0 Å². The minimum absolute atomic E-state index is 0.150. The van der Waals surface area contributed by atoms with Crippen molar-refractivity contribution < 1.29 is 9.53 Å². The van der Waals surface area contributed by atoms with Crippen molar-refractivity contribution in [3.63, 3.8) is 0 Å². The predicted molar refractivity (Wildman–Crippen MR) is 54.9 cm³/mol. The van der Waals surface area contributed by atoms with Crippen molar-refractivity contribution in [1.29, 1.82) is 0 Å². The van der Waals surface area contributed by atoms with Crippen LogP contribution in [0.3, 0.4) is 0 Å². The normalized spacial score (nSPS) is 9.69. The third kappa shape index (κ3) is 4.08.